The molecule has 1 amide bonds. The summed E-state index contributed by atoms with van der Waals surface area (Å²) in [6.07, 6.45) is 1.64. The molecule has 20 heavy (non-hydrogen) atoms. The van der Waals surface area contributed by atoms with Crippen molar-refractivity contribution in [3.05, 3.63) is 40.9 Å². The van der Waals surface area contributed by atoms with E-state index in [1.54, 1.807) is 18.0 Å². The third-order valence-electron chi connectivity index (χ3n) is 2.42. The van der Waals surface area contributed by atoms with Crippen LogP contribution in [0.4, 0.5) is 0 Å². The fraction of sp³-hybridized carbons (Fsp3) is 0.333. The highest BCUT2D eigenvalue weighted by molar-refractivity contribution is 8.01. The van der Waals surface area contributed by atoms with E-state index in [2.05, 4.69) is 41.5 Å². The molecule has 0 unspecified atom stereocenters. The van der Waals surface area contributed by atoms with Gasteiger partial charge in [0.1, 0.15) is 4.88 Å². The van der Waals surface area contributed by atoms with Gasteiger partial charge in [-0.2, -0.15) is 0 Å². The van der Waals surface area contributed by atoms with E-state index in [0.717, 1.165) is 9.24 Å². The second-order valence-electron chi connectivity index (χ2n) is 5.61. The van der Waals surface area contributed by atoms with E-state index in [1.165, 1.54) is 16.9 Å². The molecule has 2 rings (SSSR count). The normalized spacial score (nSPS) is 11.4. The second kappa shape index (κ2) is 5.97. The summed E-state index contributed by atoms with van der Waals surface area (Å²) in [5.41, 5.74) is 1.00. The van der Waals surface area contributed by atoms with Crippen LogP contribution in [0, 0.1) is 6.92 Å². The SMILES string of the molecule is Cc1ccc(Sc2ncc(C(=O)NC(C)(C)C)s2)cc1. The second-order valence-corrected chi connectivity index (χ2v) is 7.96. The molecule has 0 fully saturated rings. The maximum atomic E-state index is 12.0. The zero-order chi connectivity index (χ0) is 14.8. The van der Waals surface area contributed by atoms with Crippen molar-refractivity contribution < 1.29 is 4.79 Å². The van der Waals surface area contributed by atoms with Crippen molar-refractivity contribution in [2.24, 2.45) is 0 Å². The summed E-state index contributed by atoms with van der Waals surface area (Å²) in [5, 5.41) is 2.94. The van der Waals surface area contributed by atoms with Crippen LogP contribution in [0.5, 0.6) is 0 Å². The Balaban J connectivity index is 2.05. The molecule has 1 aromatic carbocycles. The first-order valence-electron chi connectivity index (χ1n) is 6.36. The third-order valence-corrected chi connectivity index (χ3v) is 4.50. The Hall–Kier alpha value is -1.33. The summed E-state index contributed by atoms with van der Waals surface area (Å²) < 4.78 is 0.882. The maximum Gasteiger partial charge on any atom is 0.263 e. The van der Waals surface area contributed by atoms with Crippen LogP contribution in [-0.2, 0) is 0 Å². The molecule has 0 bridgehead atoms. The standard InChI is InChI=1S/C15H18N2OS2/c1-10-5-7-11(8-6-10)19-14-16-9-12(20-14)13(18)17-15(2,3)4/h5-9H,1-4H3,(H,17,18). The van der Waals surface area contributed by atoms with E-state index in [4.69, 9.17) is 0 Å². The number of nitrogens with one attached hydrogen (secondary N) is 1. The predicted molar refractivity (Wildman–Crippen MR) is 84.6 cm³/mol. The predicted octanol–water partition coefficient (Wildman–Crippen LogP) is 4.13. The van der Waals surface area contributed by atoms with E-state index >= 15 is 0 Å². The van der Waals surface area contributed by atoms with Crippen molar-refractivity contribution >= 4 is 29.0 Å². The molecule has 0 aliphatic carbocycles. The highest BCUT2D eigenvalue weighted by Gasteiger charge is 2.17. The zero-order valence-corrected chi connectivity index (χ0v) is 13.7. The minimum absolute atomic E-state index is 0.0641. The van der Waals surface area contributed by atoms with Crippen LogP contribution in [0.3, 0.4) is 0 Å². The molecule has 1 heterocycles. The van der Waals surface area contributed by atoms with Crippen molar-refractivity contribution in [1.82, 2.24) is 10.3 Å². The average molecular weight is 306 g/mol. The average Bonchev–Trinajstić information content (AvgIpc) is 2.79. The van der Waals surface area contributed by atoms with Crippen LogP contribution in [0.25, 0.3) is 0 Å². The quantitative estimate of drug-likeness (QED) is 0.927. The Morgan fingerprint density at radius 3 is 2.50 bits per heavy atom. The number of rotatable bonds is 3. The molecular formula is C15H18N2OS2. The van der Waals surface area contributed by atoms with Crippen LogP contribution in [0.1, 0.15) is 36.0 Å². The summed E-state index contributed by atoms with van der Waals surface area (Å²) in [5.74, 6) is -0.0641. The number of aryl methyl sites for hydroxylation is 1. The van der Waals surface area contributed by atoms with Gasteiger partial charge >= 0.3 is 0 Å². The van der Waals surface area contributed by atoms with Crippen LogP contribution < -0.4 is 5.32 Å². The van der Waals surface area contributed by atoms with E-state index in [-0.39, 0.29) is 11.4 Å². The monoisotopic (exact) mass is 306 g/mol. The fourth-order valence-corrected chi connectivity index (χ4v) is 3.37. The Morgan fingerprint density at radius 2 is 1.90 bits per heavy atom. The minimum atomic E-state index is -0.231. The highest BCUT2D eigenvalue weighted by atomic mass is 32.2. The molecule has 2 aromatic rings. The van der Waals surface area contributed by atoms with Gasteiger partial charge in [0, 0.05) is 10.4 Å². The molecule has 0 radical (unpaired) electrons. The van der Waals surface area contributed by atoms with Gasteiger partial charge in [-0.05, 0) is 39.8 Å². The summed E-state index contributed by atoms with van der Waals surface area (Å²) in [6, 6.07) is 8.28. The highest BCUT2D eigenvalue weighted by Crippen LogP contribution is 2.31. The zero-order valence-electron chi connectivity index (χ0n) is 12.1. The van der Waals surface area contributed by atoms with Gasteiger partial charge in [0.05, 0.1) is 6.20 Å². The van der Waals surface area contributed by atoms with Crippen LogP contribution >= 0.6 is 23.1 Å². The molecule has 0 saturated carbocycles. The first-order valence-corrected chi connectivity index (χ1v) is 8.00. The molecule has 5 heteroatoms. The van der Waals surface area contributed by atoms with Crippen LogP contribution in [0.15, 0.2) is 39.7 Å². The summed E-state index contributed by atoms with van der Waals surface area (Å²) in [6.45, 7) is 7.96. The molecule has 106 valence electrons. The molecule has 0 spiro atoms. The lowest BCUT2D eigenvalue weighted by Gasteiger charge is -2.19. The van der Waals surface area contributed by atoms with Crippen LogP contribution in [0.2, 0.25) is 0 Å². The number of aromatic nitrogens is 1. The van der Waals surface area contributed by atoms with Crippen LogP contribution in [-0.4, -0.2) is 16.4 Å². The number of carbonyl (C=O) groups excluding carboxylic acids is 1. The number of hydrogen-bond acceptors (Lipinski definition) is 4. The van der Waals surface area contributed by atoms with Gasteiger partial charge in [0.25, 0.3) is 5.91 Å². The van der Waals surface area contributed by atoms with Crippen molar-refractivity contribution in [3.8, 4) is 0 Å². The summed E-state index contributed by atoms with van der Waals surface area (Å²) >= 11 is 3.00. The molecule has 0 atom stereocenters. The number of benzene rings is 1. The van der Waals surface area contributed by atoms with Gasteiger partial charge < -0.3 is 5.32 Å². The Kier molecular flexibility index (Phi) is 4.50. The lowest BCUT2D eigenvalue weighted by Crippen LogP contribution is -2.40. The topological polar surface area (TPSA) is 42.0 Å². The first kappa shape index (κ1) is 15.1. The maximum absolute atomic E-state index is 12.0. The largest absolute Gasteiger partial charge is 0.347 e. The number of amides is 1. The molecule has 3 nitrogen and oxygen atoms in total. The van der Waals surface area contributed by atoms with E-state index in [1.807, 2.05) is 20.8 Å². The van der Waals surface area contributed by atoms with Gasteiger partial charge in [-0.3, -0.25) is 4.79 Å². The number of nitrogens with zero attached hydrogens (tertiary/aromatic N) is 1. The molecule has 1 N–H and O–H groups in total. The summed E-state index contributed by atoms with van der Waals surface area (Å²) in [7, 11) is 0. The smallest absolute Gasteiger partial charge is 0.263 e. The molecule has 1 aromatic heterocycles. The molecule has 0 aliphatic rings. The minimum Gasteiger partial charge on any atom is -0.347 e. The molecule has 0 saturated heterocycles. The lowest BCUT2D eigenvalue weighted by atomic mass is 10.1. The first-order chi connectivity index (χ1) is 9.33. The Bertz CT molecular complexity index is 597. The number of carbonyl (C=O) groups is 1. The van der Waals surface area contributed by atoms with Gasteiger partial charge in [0.15, 0.2) is 4.34 Å². The lowest BCUT2D eigenvalue weighted by molar-refractivity contribution is 0.0923. The van der Waals surface area contributed by atoms with Gasteiger partial charge in [-0.25, -0.2) is 4.98 Å². The van der Waals surface area contributed by atoms with E-state index < -0.39 is 0 Å². The number of hydrogen-bond donors (Lipinski definition) is 1. The van der Waals surface area contributed by atoms with Crippen molar-refractivity contribution in [2.45, 2.75) is 42.5 Å². The Morgan fingerprint density at radius 1 is 1.25 bits per heavy atom. The summed E-state index contributed by atoms with van der Waals surface area (Å²) in [4.78, 5) is 18.1. The van der Waals surface area contributed by atoms with Crippen molar-refractivity contribution in [1.29, 1.82) is 0 Å². The molecule has 0 aliphatic heterocycles. The fourth-order valence-electron chi connectivity index (χ4n) is 1.52. The van der Waals surface area contributed by atoms with Crippen molar-refractivity contribution in [3.63, 3.8) is 0 Å². The van der Waals surface area contributed by atoms with Gasteiger partial charge in [0.2, 0.25) is 0 Å². The van der Waals surface area contributed by atoms with Gasteiger partial charge in [-0.1, -0.05) is 29.5 Å². The number of thiazole rings is 1. The van der Waals surface area contributed by atoms with E-state index in [9.17, 15) is 4.79 Å². The Labute approximate surface area is 127 Å². The molecular weight excluding hydrogens is 288 g/mol. The third kappa shape index (κ3) is 4.35. The van der Waals surface area contributed by atoms with E-state index in [0.29, 0.717) is 4.88 Å². The van der Waals surface area contributed by atoms with Gasteiger partial charge in [-0.15, -0.1) is 11.3 Å². The van der Waals surface area contributed by atoms with Crippen molar-refractivity contribution in [2.75, 3.05) is 0 Å².